The van der Waals surface area contributed by atoms with Gasteiger partial charge in [-0.15, -0.1) is 0 Å². The molecule has 0 aliphatic rings. The van der Waals surface area contributed by atoms with Gasteiger partial charge < -0.3 is 27.4 Å². The number of nitrogens with zero attached hydrogens (tertiary/aromatic N) is 12. The van der Waals surface area contributed by atoms with Crippen LogP contribution in [0.2, 0.25) is 0 Å². The second-order valence-electron chi connectivity index (χ2n) is 45.9. The Hall–Kier alpha value is -18.3. The Labute approximate surface area is 876 Å². The highest BCUT2D eigenvalue weighted by molar-refractivity contribution is 6.19. The second-order valence-corrected chi connectivity index (χ2v) is 45.9. The van der Waals surface area contributed by atoms with Crippen LogP contribution in [0.5, 0.6) is 0 Å². The third kappa shape index (κ3) is 16.5. The minimum atomic E-state index is -0.0210. The predicted molar refractivity (Wildman–Crippen MR) is 630 cm³/mol. The number of aromatic nitrogens is 6. The topological polar surface area (TPSA) is 75.2 Å². The van der Waals surface area contributed by atoms with Crippen molar-refractivity contribution >= 4 is 159 Å². The van der Waals surface area contributed by atoms with Gasteiger partial charge >= 0.3 is 0 Å². The summed E-state index contributed by atoms with van der Waals surface area (Å²) in [5, 5.41) is 24.3. The highest BCUT2D eigenvalue weighted by Crippen LogP contribution is 2.53. The lowest BCUT2D eigenvalue weighted by atomic mass is 9.85. The van der Waals surface area contributed by atoms with E-state index in [4.69, 9.17) is 32.9 Å². The van der Waals surface area contributed by atoms with Gasteiger partial charge in [-0.3, -0.25) is 4.85 Å². The molecule has 0 bridgehead atoms. The Kier molecular flexibility index (Phi) is 23.4. The lowest BCUT2D eigenvalue weighted by molar-refractivity contribution is 0.590. The first-order valence-corrected chi connectivity index (χ1v) is 51.3. The van der Waals surface area contributed by atoms with Gasteiger partial charge in [0.2, 0.25) is 5.69 Å². The summed E-state index contributed by atoms with van der Waals surface area (Å²) >= 11 is 0. The Balaban J connectivity index is 0.000000127. The average Bonchev–Trinajstić information content (AvgIpc) is 1.56. The maximum absolute atomic E-state index is 10.4. The van der Waals surface area contributed by atoms with Crippen molar-refractivity contribution in [1.82, 2.24) is 27.4 Å². The van der Waals surface area contributed by atoms with Gasteiger partial charge in [-0.2, -0.15) is 5.26 Å². The number of para-hydroxylation sites is 7. The Morgan fingerprint density at radius 3 is 0.760 bits per heavy atom. The number of benzene rings is 18. The summed E-state index contributed by atoms with van der Waals surface area (Å²) in [6.07, 6.45) is 0. The van der Waals surface area contributed by atoms with Crippen LogP contribution in [-0.4, -0.2) is 27.4 Å². The highest BCUT2D eigenvalue weighted by atomic mass is 15.0. The molecular formula is C138H114N12. The van der Waals surface area contributed by atoms with Gasteiger partial charge in [0.05, 0.1) is 128 Å². The van der Waals surface area contributed by atoms with Crippen LogP contribution in [0, 0.1) is 44.2 Å². The van der Waals surface area contributed by atoms with E-state index in [1.165, 1.54) is 65.7 Å². The second kappa shape index (κ2) is 36.4. The summed E-state index contributed by atoms with van der Waals surface area (Å²) in [7, 11) is 0. The fourth-order valence-corrected chi connectivity index (χ4v) is 22.2. The molecule has 6 heterocycles. The van der Waals surface area contributed by atoms with Gasteiger partial charge in [0.1, 0.15) is 0 Å². The smallest absolute Gasteiger partial charge is 0.202 e. The molecule has 18 aromatic carbocycles. The molecule has 0 saturated heterocycles. The third-order valence-electron chi connectivity index (χ3n) is 30.2. The molecule has 726 valence electrons. The SMILES string of the molecule is [C-]#[N+]c1ccc(-c2cc3c4ccccc4n(-c4ccccc4)c3cc2-n2c3ccc(C(C)(C)C)cc3c3cc(C(C)(C)C)ccc32)c([N+]#[C-])c1.[C-]#[N+]c1ccc(C#N)c(-c2cc3c4ccccc4n(-c4ccccc4)c3cc2-n2c3ccc(C(C)(C)C)cc3c3cc(C(C)(C)C)ccc32)c1.[C-]#[N+]c1cccc(-c2cc3c4ccccc4n(-c4ccccc4)c3cc2-n2c3ccc(C(C)(C)C)cc3c3cc(C(C)(C)C)ccc32)c1[N+]#[C-]. The molecule has 24 aromatic rings. The fraction of sp³-hybridized carbons (Fsp3) is 0.174. The standard InChI is InChI=1S/3C46H38N4/c1-45(2,3)29-21-23-40-34(25-29)35-26-30(46(4,5)6)22-24-41(35)50(40)43-28-42-36(27-37(43)33-18-14-19-38(47-7)44(33)48-8)32-17-12-13-20-39(32)49(42)31-15-10-9-11-16-31;1-45(2,3)29-18-22-41-35(24-29)36-25-30(46(4,5)6)19-23-42(36)50(41)44-28-43-38(27-37(44)33-21-20-31(47-7)26-39(33)48-8)34-16-12-13-17-40(34)49(43)32-14-10-9-11-15-32;1-45(2,3)30-18-21-41-36(23-30)37-24-31(46(4,5)6)19-22-42(37)50(41)44-27-43-38(26-39(44)35-25-32(48-7)20-17-29(35)28-47)34-15-11-12-16-40(34)49(43)33-13-9-8-10-14-33/h2*9-28H,1-6H3;8-27H,1-6H3. The van der Waals surface area contributed by atoms with Crippen LogP contribution in [0.25, 0.3) is 223 Å². The van der Waals surface area contributed by atoms with Gasteiger partial charge in [0.15, 0.2) is 22.7 Å². The molecule has 0 fully saturated rings. The summed E-state index contributed by atoms with van der Waals surface area (Å²) < 4.78 is 14.2. The quantitative estimate of drug-likeness (QED) is 0.133. The third-order valence-corrected chi connectivity index (χ3v) is 30.2. The van der Waals surface area contributed by atoms with E-state index in [2.05, 4.69) is 480 Å². The molecule has 0 spiro atoms. The van der Waals surface area contributed by atoms with Crippen molar-refractivity contribution < 1.29 is 0 Å². The van der Waals surface area contributed by atoms with Crippen LogP contribution in [0.4, 0.5) is 28.4 Å². The maximum Gasteiger partial charge on any atom is 0.202 e. The lowest BCUT2D eigenvalue weighted by Gasteiger charge is -2.20. The van der Waals surface area contributed by atoms with Gasteiger partial charge in [-0.05, 0) is 264 Å². The molecule has 0 radical (unpaired) electrons. The van der Waals surface area contributed by atoms with Crippen molar-refractivity contribution in [1.29, 1.82) is 5.26 Å². The van der Waals surface area contributed by atoms with Crippen LogP contribution in [0.1, 0.15) is 164 Å². The number of hydrogen-bond acceptors (Lipinski definition) is 1. The van der Waals surface area contributed by atoms with Crippen molar-refractivity contribution in [3.05, 3.63) is 460 Å². The molecule has 0 aliphatic carbocycles. The summed E-state index contributed by atoms with van der Waals surface area (Å²) in [6.45, 7) is 80.6. The van der Waals surface area contributed by atoms with Crippen molar-refractivity contribution in [3.8, 4) is 73.6 Å². The first kappa shape index (κ1) is 96.5. The molecule has 0 aliphatic heterocycles. The molecule has 6 aromatic heterocycles. The molecule has 0 amide bonds. The zero-order valence-electron chi connectivity index (χ0n) is 88.0. The first-order valence-electron chi connectivity index (χ1n) is 51.3. The van der Waals surface area contributed by atoms with Crippen molar-refractivity contribution in [2.45, 2.75) is 157 Å². The molecule has 12 heteroatoms. The molecule has 0 atom stereocenters. The number of fused-ring (bicyclic) bond motifs is 18. The van der Waals surface area contributed by atoms with E-state index in [1.807, 2.05) is 42.5 Å². The highest BCUT2D eigenvalue weighted by Gasteiger charge is 2.32. The molecular weight excluding hydrogens is 1830 g/mol. The van der Waals surface area contributed by atoms with Gasteiger partial charge in [-0.1, -0.05) is 319 Å². The van der Waals surface area contributed by atoms with E-state index in [0.29, 0.717) is 34.0 Å². The number of nitriles is 1. The monoisotopic (exact) mass is 1940 g/mol. The van der Waals surface area contributed by atoms with Crippen LogP contribution in [0.3, 0.4) is 0 Å². The van der Waals surface area contributed by atoms with Crippen molar-refractivity contribution in [2.24, 2.45) is 0 Å². The Bertz CT molecular complexity index is 9480. The van der Waals surface area contributed by atoms with Crippen LogP contribution < -0.4 is 0 Å². The van der Waals surface area contributed by atoms with E-state index in [9.17, 15) is 5.26 Å². The maximum atomic E-state index is 10.4. The summed E-state index contributed by atoms with van der Waals surface area (Å²) in [5.74, 6) is 0. The van der Waals surface area contributed by atoms with E-state index in [0.717, 1.165) is 166 Å². The summed E-state index contributed by atoms with van der Waals surface area (Å²) in [6, 6.07) is 131. The zero-order valence-corrected chi connectivity index (χ0v) is 88.0. The summed E-state index contributed by atoms with van der Waals surface area (Å²) in [4.78, 5) is 19.1. The van der Waals surface area contributed by atoms with E-state index in [-0.39, 0.29) is 32.5 Å². The van der Waals surface area contributed by atoms with Gasteiger partial charge in [-0.25, -0.2) is 19.4 Å². The molecule has 0 unspecified atom stereocenters. The molecule has 12 nitrogen and oxygen atoms in total. The molecule has 0 saturated carbocycles. The minimum Gasteiger partial charge on any atom is -0.309 e. The Morgan fingerprint density at radius 1 is 0.193 bits per heavy atom. The van der Waals surface area contributed by atoms with Crippen molar-refractivity contribution in [2.75, 3.05) is 0 Å². The Morgan fingerprint density at radius 2 is 0.467 bits per heavy atom. The van der Waals surface area contributed by atoms with Crippen LogP contribution in [0.15, 0.2) is 364 Å². The van der Waals surface area contributed by atoms with E-state index < -0.39 is 0 Å². The molecule has 0 N–H and O–H groups in total. The average molecular weight is 1940 g/mol. The van der Waals surface area contributed by atoms with Crippen LogP contribution in [-0.2, 0) is 32.5 Å². The molecule has 150 heavy (non-hydrogen) atoms. The first-order chi connectivity index (χ1) is 71.9. The van der Waals surface area contributed by atoms with E-state index >= 15 is 0 Å². The number of rotatable bonds is 9. The number of hydrogen-bond donors (Lipinski definition) is 0. The predicted octanol–water partition coefficient (Wildman–Crippen LogP) is 39.1. The normalized spacial score (nSPS) is 12.2. The fourth-order valence-electron chi connectivity index (χ4n) is 22.2. The van der Waals surface area contributed by atoms with Gasteiger partial charge in [0, 0.05) is 87.3 Å². The van der Waals surface area contributed by atoms with E-state index in [1.54, 1.807) is 24.3 Å². The zero-order chi connectivity index (χ0) is 105. The van der Waals surface area contributed by atoms with Gasteiger partial charge in [0.25, 0.3) is 0 Å². The van der Waals surface area contributed by atoms with Crippen LogP contribution >= 0.6 is 0 Å². The summed E-state index contributed by atoms with van der Waals surface area (Å²) in [5.41, 5.74) is 34.8. The lowest BCUT2D eigenvalue weighted by Crippen LogP contribution is -2.10. The largest absolute Gasteiger partial charge is 0.309 e. The van der Waals surface area contributed by atoms with Crippen molar-refractivity contribution in [3.63, 3.8) is 0 Å². The minimum absolute atomic E-state index is 0.0138. The molecule has 24 rings (SSSR count).